The number of anilines is 3. The van der Waals surface area contributed by atoms with Crippen LogP contribution in [-0.2, 0) is 13.0 Å². The minimum Gasteiger partial charge on any atom is -0.493 e. The number of aromatic nitrogens is 2. The molecule has 0 amide bonds. The Morgan fingerprint density at radius 1 is 0.929 bits per heavy atom. The van der Waals surface area contributed by atoms with E-state index in [9.17, 15) is 0 Å². The second-order valence-corrected chi connectivity index (χ2v) is 6.40. The lowest BCUT2D eigenvalue weighted by molar-refractivity contribution is 0.354. The molecule has 0 aliphatic heterocycles. The summed E-state index contributed by atoms with van der Waals surface area (Å²) in [5.41, 5.74) is 4.22. The highest BCUT2D eigenvalue weighted by Gasteiger charge is 2.07. The second kappa shape index (κ2) is 9.08. The maximum absolute atomic E-state index is 5.37. The molecular weight excluding hydrogens is 352 g/mol. The third-order valence-electron chi connectivity index (χ3n) is 4.42. The summed E-state index contributed by atoms with van der Waals surface area (Å²) in [7, 11) is 3.26. The Kier molecular flexibility index (Phi) is 6.32. The standard InChI is InChI=1S/C22H26N4O2/c1-5-17-8-6-7-9-18(17)25-22-24-15(2)12-21(26-22)23-14-16-10-11-19(27-3)20(13-16)28-4/h6-13H,5,14H2,1-4H3,(H2,23,24,25,26). The first kappa shape index (κ1) is 19.5. The van der Waals surface area contributed by atoms with Crippen LogP contribution in [0.25, 0.3) is 0 Å². The molecule has 0 saturated heterocycles. The number of methoxy groups -OCH3 is 2. The molecule has 0 aliphatic rings. The number of hydrogen-bond acceptors (Lipinski definition) is 6. The van der Waals surface area contributed by atoms with Gasteiger partial charge in [-0.1, -0.05) is 31.2 Å². The summed E-state index contributed by atoms with van der Waals surface area (Å²) in [6.45, 7) is 4.70. The Morgan fingerprint density at radius 3 is 2.46 bits per heavy atom. The zero-order valence-electron chi connectivity index (χ0n) is 16.7. The zero-order chi connectivity index (χ0) is 19.9. The van der Waals surface area contributed by atoms with Crippen LogP contribution in [0.5, 0.6) is 11.5 Å². The van der Waals surface area contributed by atoms with Crippen LogP contribution in [0.4, 0.5) is 17.5 Å². The molecule has 3 rings (SSSR count). The Bertz CT molecular complexity index is 944. The largest absolute Gasteiger partial charge is 0.493 e. The molecule has 0 bridgehead atoms. The number of benzene rings is 2. The first-order valence-corrected chi connectivity index (χ1v) is 9.28. The number of nitrogens with one attached hydrogen (secondary N) is 2. The van der Waals surface area contributed by atoms with Crippen molar-refractivity contribution < 1.29 is 9.47 Å². The quantitative estimate of drug-likeness (QED) is 0.591. The lowest BCUT2D eigenvalue weighted by Gasteiger charge is -2.13. The SMILES string of the molecule is CCc1ccccc1Nc1nc(C)cc(NCc2ccc(OC)c(OC)c2)n1. The average molecular weight is 378 g/mol. The van der Waals surface area contributed by atoms with Crippen molar-refractivity contribution in [1.82, 2.24) is 9.97 Å². The van der Waals surface area contributed by atoms with E-state index in [1.807, 2.05) is 49.4 Å². The van der Waals surface area contributed by atoms with Crippen LogP contribution in [0.3, 0.4) is 0 Å². The van der Waals surface area contributed by atoms with Crippen LogP contribution in [0.2, 0.25) is 0 Å². The topological polar surface area (TPSA) is 68.3 Å². The molecule has 6 nitrogen and oxygen atoms in total. The predicted octanol–water partition coefficient (Wildman–Crippen LogP) is 4.72. The van der Waals surface area contributed by atoms with E-state index >= 15 is 0 Å². The highest BCUT2D eigenvalue weighted by atomic mass is 16.5. The van der Waals surface area contributed by atoms with Gasteiger partial charge >= 0.3 is 0 Å². The van der Waals surface area contributed by atoms with Crippen LogP contribution in [0.15, 0.2) is 48.5 Å². The van der Waals surface area contributed by atoms with Crippen LogP contribution < -0.4 is 20.1 Å². The van der Waals surface area contributed by atoms with Gasteiger partial charge in [-0.05, 0) is 42.7 Å². The summed E-state index contributed by atoms with van der Waals surface area (Å²) in [6, 6.07) is 16.0. The van der Waals surface area contributed by atoms with Crippen molar-refractivity contribution >= 4 is 17.5 Å². The Balaban J connectivity index is 1.75. The molecule has 3 aromatic rings. The summed E-state index contributed by atoms with van der Waals surface area (Å²) in [6.07, 6.45) is 0.944. The van der Waals surface area contributed by atoms with Gasteiger partial charge in [-0.25, -0.2) is 4.98 Å². The van der Waals surface area contributed by atoms with Gasteiger partial charge < -0.3 is 20.1 Å². The van der Waals surface area contributed by atoms with E-state index in [0.29, 0.717) is 24.0 Å². The smallest absolute Gasteiger partial charge is 0.229 e. The highest BCUT2D eigenvalue weighted by Crippen LogP contribution is 2.28. The molecule has 0 spiro atoms. The highest BCUT2D eigenvalue weighted by molar-refractivity contribution is 5.59. The Hall–Kier alpha value is -3.28. The van der Waals surface area contributed by atoms with Crippen LogP contribution in [-0.4, -0.2) is 24.2 Å². The van der Waals surface area contributed by atoms with Gasteiger partial charge in [0, 0.05) is 24.0 Å². The first-order chi connectivity index (χ1) is 13.6. The molecular formula is C22H26N4O2. The van der Waals surface area contributed by atoms with Gasteiger partial charge in [0.1, 0.15) is 5.82 Å². The molecule has 0 atom stereocenters. The van der Waals surface area contributed by atoms with Crippen LogP contribution in [0.1, 0.15) is 23.7 Å². The number of aryl methyl sites for hydroxylation is 2. The molecule has 146 valence electrons. The molecule has 0 radical (unpaired) electrons. The van der Waals surface area contributed by atoms with Crippen molar-refractivity contribution in [2.75, 3.05) is 24.9 Å². The summed E-state index contributed by atoms with van der Waals surface area (Å²) in [5, 5.41) is 6.70. The van der Waals surface area contributed by atoms with Gasteiger partial charge in [0.25, 0.3) is 0 Å². The van der Waals surface area contributed by atoms with E-state index in [4.69, 9.17) is 9.47 Å². The number of rotatable bonds is 8. The summed E-state index contributed by atoms with van der Waals surface area (Å²) in [4.78, 5) is 9.12. The van der Waals surface area contributed by atoms with Gasteiger partial charge in [0.05, 0.1) is 14.2 Å². The minimum absolute atomic E-state index is 0.579. The zero-order valence-corrected chi connectivity index (χ0v) is 16.7. The molecule has 28 heavy (non-hydrogen) atoms. The van der Waals surface area contributed by atoms with Crippen molar-refractivity contribution in [2.24, 2.45) is 0 Å². The van der Waals surface area contributed by atoms with Gasteiger partial charge in [0.15, 0.2) is 11.5 Å². The fourth-order valence-corrected chi connectivity index (χ4v) is 2.97. The molecule has 6 heteroatoms. The summed E-state index contributed by atoms with van der Waals surface area (Å²) < 4.78 is 10.7. The monoisotopic (exact) mass is 378 g/mol. The third-order valence-corrected chi connectivity index (χ3v) is 4.42. The molecule has 0 saturated carbocycles. The number of nitrogens with zero attached hydrogens (tertiary/aromatic N) is 2. The predicted molar refractivity (Wildman–Crippen MR) is 113 cm³/mol. The minimum atomic E-state index is 0.579. The van der Waals surface area contributed by atoms with Crippen molar-refractivity contribution in [2.45, 2.75) is 26.8 Å². The molecule has 0 aliphatic carbocycles. The molecule has 2 aromatic carbocycles. The van der Waals surface area contributed by atoms with E-state index in [2.05, 4.69) is 33.6 Å². The van der Waals surface area contributed by atoms with Crippen LogP contribution in [0, 0.1) is 6.92 Å². The van der Waals surface area contributed by atoms with E-state index in [-0.39, 0.29) is 0 Å². The van der Waals surface area contributed by atoms with Gasteiger partial charge in [-0.2, -0.15) is 4.98 Å². The van der Waals surface area contributed by atoms with E-state index in [1.165, 1.54) is 5.56 Å². The molecule has 2 N–H and O–H groups in total. The number of para-hydroxylation sites is 1. The molecule has 1 aromatic heterocycles. The Morgan fingerprint density at radius 2 is 1.71 bits per heavy atom. The van der Waals surface area contributed by atoms with Crippen molar-refractivity contribution in [1.29, 1.82) is 0 Å². The third kappa shape index (κ3) is 4.71. The molecule has 1 heterocycles. The van der Waals surface area contributed by atoms with Crippen molar-refractivity contribution in [3.05, 3.63) is 65.4 Å². The van der Waals surface area contributed by atoms with E-state index < -0.39 is 0 Å². The maximum Gasteiger partial charge on any atom is 0.229 e. The number of hydrogen-bond donors (Lipinski definition) is 2. The first-order valence-electron chi connectivity index (χ1n) is 9.28. The Labute approximate surface area is 166 Å². The molecule has 0 fully saturated rings. The normalized spacial score (nSPS) is 10.4. The number of ether oxygens (including phenoxy) is 2. The average Bonchev–Trinajstić information content (AvgIpc) is 2.72. The van der Waals surface area contributed by atoms with Gasteiger partial charge in [-0.3, -0.25) is 0 Å². The van der Waals surface area contributed by atoms with Crippen molar-refractivity contribution in [3.63, 3.8) is 0 Å². The maximum atomic E-state index is 5.37. The van der Waals surface area contributed by atoms with Crippen LogP contribution >= 0.6 is 0 Å². The summed E-state index contributed by atoms with van der Waals surface area (Å²) in [5.74, 6) is 2.76. The molecule has 0 unspecified atom stereocenters. The fraction of sp³-hybridized carbons (Fsp3) is 0.273. The van der Waals surface area contributed by atoms with Gasteiger partial charge in [0.2, 0.25) is 5.95 Å². The second-order valence-electron chi connectivity index (χ2n) is 6.40. The van der Waals surface area contributed by atoms with Crippen molar-refractivity contribution in [3.8, 4) is 11.5 Å². The van der Waals surface area contributed by atoms with Gasteiger partial charge in [-0.15, -0.1) is 0 Å². The fourth-order valence-electron chi connectivity index (χ4n) is 2.97. The van der Waals surface area contributed by atoms with E-state index in [0.717, 1.165) is 29.2 Å². The lowest BCUT2D eigenvalue weighted by Crippen LogP contribution is -2.06. The summed E-state index contributed by atoms with van der Waals surface area (Å²) >= 11 is 0. The van der Waals surface area contributed by atoms with E-state index in [1.54, 1.807) is 14.2 Å². The lowest BCUT2D eigenvalue weighted by atomic mass is 10.1.